The molecule has 4 aliphatic rings. The van der Waals surface area contributed by atoms with Crippen LogP contribution in [0.3, 0.4) is 0 Å². The molecule has 8 rings (SSSR count). The summed E-state index contributed by atoms with van der Waals surface area (Å²) in [5.74, 6) is -6.40. The number of aromatic carboxylic acids is 1. The van der Waals surface area contributed by atoms with E-state index < -0.39 is 64.6 Å². The number of aliphatic hydroxyl groups excluding tert-OH is 1. The Kier molecular flexibility index (Phi) is 9.60. The minimum atomic E-state index is -1.56. The number of anilines is 2. The van der Waals surface area contributed by atoms with Gasteiger partial charge in [-0.05, 0) is 90.6 Å². The summed E-state index contributed by atoms with van der Waals surface area (Å²) in [6.45, 7) is -0.120. The first-order valence-electron chi connectivity index (χ1n) is 18.0. The fourth-order valence-electron chi connectivity index (χ4n) is 9.17. The zero-order valence-corrected chi connectivity index (χ0v) is 31.4. The highest BCUT2D eigenvalue weighted by Crippen LogP contribution is 2.64. The van der Waals surface area contributed by atoms with Crippen molar-refractivity contribution in [2.24, 2.45) is 23.7 Å². The molecule has 56 heavy (non-hydrogen) atoms. The molecule has 0 radical (unpaired) electrons. The van der Waals surface area contributed by atoms with Gasteiger partial charge in [-0.15, -0.1) is 0 Å². The molecule has 12 nitrogen and oxygen atoms in total. The number of carboxylic acids is 1. The minimum Gasteiger partial charge on any atom is -0.497 e. The van der Waals surface area contributed by atoms with Crippen molar-refractivity contribution in [3.8, 4) is 11.5 Å². The Bertz CT molecular complexity index is 2310. The molecule has 2 aliphatic carbocycles. The number of imide groups is 2. The number of ether oxygens (including phenoxy) is 2. The number of amides is 4. The normalized spacial score (nSPS) is 25.4. The average molecular weight is 797 g/mol. The molecule has 3 N–H and O–H groups in total. The molecular weight excluding hydrogens is 761 g/mol. The lowest BCUT2D eigenvalue weighted by atomic mass is 9.49. The van der Waals surface area contributed by atoms with Crippen molar-refractivity contribution in [1.82, 2.24) is 5.01 Å². The lowest BCUT2D eigenvalue weighted by molar-refractivity contribution is -0.138. The van der Waals surface area contributed by atoms with Gasteiger partial charge in [0.25, 0.3) is 11.8 Å². The van der Waals surface area contributed by atoms with Crippen LogP contribution in [0, 0.1) is 23.7 Å². The van der Waals surface area contributed by atoms with Gasteiger partial charge in [0.1, 0.15) is 18.1 Å². The minimum absolute atomic E-state index is 0.0480. The highest BCUT2D eigenvalue weighted by atomic mass is 35.5. The molecule has 4 amide bonds. The molecule has 6 unspecified atom stereocenters. The molecule has 4 aromatic rings. The summed E-state index contributed by atoms with van der Waals surface area (Å²) in [5.41, 5.74) is 3.71. The predicted molar refractivity (Wildman–Crippen MR) is 206 cm³/mol. The first kappa shape index (κ1) is 37.2. The Morgan fingerprint density at radius 1 is 0.893 bits per heavy atom. The van der Waals surface area contributed by atoms with Crippen LogP contribution in [0.2, 0.25) is 10.0 Å². The molecule has 2 aliphatic heterocycles. The van der Waals surface area contributed by atoms with Crippen LogP contribution in [-0.4, -0.2) is 65.1 Å². The number of carbonyl (C=O) groups excluding carboxylic acids is 4. The Morgan fingerprint density at radius 2 is 1.62 bits per heavy atom. The van der Waals surface area contributed by atoms with Crippen LogP contribution in [0.5, 0.6) is 11.5 Å². The van der Waals surface area contributed by atoms with Crippen molar-refractivity contribution in [3.63, 3.8) is 0 Å². The van der Waals surface area contributed by atoms with E-state index in [-0.39, 0.29) is 48.0 Å². The van der Waals surface area contributed by atoms with Crippen molar-refractivity contribution in [3.05, 3.63) is 129 Å². The molecule has 6 atom stereocenters. The molecule has 2 heterocycles. The Hall–Kier alpha value is -5.69. The number of hydrogen-bond donors (Lipinski definition) is 3. The highest BCUT2D eigenvalue weighted by Gasteiger charge is 2.70. The number of methoxy groups -OCH3 is 1. The molecule has 3 fully saturated rings. The molecule has 4 aromatic carbocycles. The Morgan fingerprint density at radius 3 is 2.30 bits per heavy atom. The first-order valence-corrected chi connectivity index (χ1v) is 18.7. The molecule has 0 bridgehead atoms. The SMILES string of the molecule is COc1ccc(C23C(=O)N(Nc4ccc(Cl)cc4Cl)C(=O)C2CC2C(=CCC4C(=O)N(c5cccc(C(=O)O)c5)C(=O)C42)C3c2ccc(OCCO)cc2)cc1. The van der Waals surface area contributed by atoms with Gasteiger partial charge in [0.15, 0.2) is 0 Å². The standard InChI is InChI=1S/C42H35Cl2N3O9/c1-55-27-12-7-24(8-13-27)42-32(38(50)47(41(42)54)45-34-16-9-25(43)20-33(34)44)21-31-29(36(42)22-5-10-28(11-6-22)56-18-17-48)14-15-30-35(31)39(51)46(37(30)49)26-4-2-3-23(19-26)40(52)53/h2-14,16,19-20,30-32,35-36,45,48H,15,17-18,21H2,1H3,(H,52,53). The summed E-state index contributed by atoms with van der Waals surface area (Å²) in [5, 5.41) is 20.6. The van der Waals surface area contributed by atoms with Crippen LogP contribution in [0.4, 0.5) is 11.4 Å². The first-order chi connectivity index (χ1) is 27.0. The number of nitrogens with one attached hydrogen (secondary N) is 1. The van der Waals surface area contributed by atoms with Gasteiger partial charge in [-0.25, -0.2) is 4.79 Å². The van der Waals surface area contributed by atoms with Gasteiger partial charge in [-0.2, -0.15) is 5.01 Å². The van der Waals surface area contributed by atoms with Crippen LogP contribution in [0.25, 0.3) is 0 Å². The van der Waals surface area contributed by atoms with E-state index in [2.05, 4.69) is 5.43 Å². The third kappa shape index (κ3) is 5.82. The van der Waals surface area contributed by atoms with Crippen molar-refractivity contribution in [2.75, 3.05) is 30.6 Å². The smallest absolute Gasteiger partial charge is 0.335 e. The van der Waals surface area contributed by atoms with Crippen LogP contribution in [-0.2, 0) is 24.6 Å². The van der Waals surface area contributed by atoms with Crippen molar-refractivity contribution < 1.29 is 43.7 Å². The van der Waals surface area contributed by atoms with Crippen LogP contribution in [0.1, 0.15) is 40.2 Å². The second-order valence-electron chi connectivity index (χ2n) is 14.2. The number of hydrazine groups is 1. The summed E-state index contributed by atoms with van der Waals surface area (Å²) in [7, 11) is 1.53. The fraction of sp³-hybridized carbons (Fsp3) is 0.262. The Balaban J connectivity index is 1.30. The maximum Gasteiger partial charge on any atom is 0.335 e. The van der Waals surface area contributed by atoms with Gasteiger partial charge in [0.2, 0.25) is 11.8 Å². The predicted octanol–water partition coefficient (Wildman–Crippen LogP) is 6.26. The fourth-order valence-corrected chi connectivity index (χ4v) is 9.62. The number of fused-ring (bicyclic) bond motifs is 4. The number of carboxylic acid groups (broad SMARTS) is 1. The number of benzene rings is 4. The van der Waals surface area contributed by atoms with E-state index in [1.54, 1.807) is 48.5 Å². The van der Waals surface area contributed by atoms with Gasteiger partial charge in [0, 0.05) is 10.9 Å². The zero-order valence-electron chi connectivity index (χ0n) is 29.9. The zero-order chi connectivity index (χ0) is 39.5. The van der Waals surface area contributed by atoms with Crippen LogP contribution < -0.4 is 19.8 Å². The molecule has 286 valence electrons. The van der Waals surface area contributed by atoms with Crippen molar-refractivity contribution in [1.29, 1.82) is 0 Å². The van der Waals surface area contributed by atoms with Gasteiger partial charge in [-0.3, -0.25) is 29.5 Å². The van der Waals surface area contributed by atoms with Gasteiger partial charge in [-0.1, -0.05) is 65.2 Å². The lowest BCUT2D eigenvalue weighted by Crippen LogP contribution is -2.53. The molecule has 2 saturated heterocycles. The second kappa shape index (κ2) is 14.4. The van der Waals surface area contributed by atoms with E-state index in [0.29, 0.717) is 27.6 Å². The van der Waals surface area contributed by atoms with Gasteiger partial charge < -0.3 is 19.7 Å². The van der Waals surface area contributed by atoms with E-state index in [1.165, 1.54) is 37.4 Å². The third-order valence-electron chi connectivity index (χ3n) is 11.5. The summed E-state index contributed by atoms with van der Waals surface area (Å²) >= 11 is 12.7. The Labute approximate surface area is 331 Å². The lowest BCUT2D eigenvalue weighted by Gasteiger charge is -2.50. The van der Waals surface area contributed by atoms with E-state index in [0.717, 1.165) is 15.5 Å². The quantitative estimate of drug-likeness (QED) is 0.123. The maximum absolute atomic E-state index is 15.4. The van der Waals surface area contributed by atoms with Gasteiger partial charge >= 0.3 is 5.97 Å². The van der Waals surface area contributed by atoms with Crippen LogP contribution in [0.15, 0.2) is 103 Å². The summed E-state index contributed by atoms with van der Waals surface area (Å²) in [6, 6.07) is 24.4. The summed E-state index contributed by atoms with van der Waals surface area (Å²) < 4.78 is 11.1. The van der Waals surface area contributed by atoms with Crippen molar-refractivity contribution in [2.45, 2.75) is 24.2 Å². The monoisotopic (exact) mass is 795 g/mol. The molecule has 14 heteroatoms. The highest BCUT2D eigenvalue weighted by molar-refractivity contribution is 6.36. The van der Waals surface area contributed by atoms with Crippen molar-refractivity contribution >= 4 is 64.2 Å². The molecule has 0 spiro atoms. The molecule has 0 aromatic heterocycles. The van der Waals surface area contributed by atoms with E-state index in [4.69, 9.17) is 32.7 Å². The number of carbonyl (C=O) groups is 5. The maximum atomic E-state index is 15.4. The number of halogens is 2. The average Bonchev–Trinajstić information content (AvgIpc) is 3.58. The number of aliphatic hydroxyl groups is 1. The second-order valence-corrected chi connectivity index (χ2v) is 15.1. The van der Waals surface area contributed by atoms with E-state index >= 15 is 4.79 Å². The molecule has 1 saturated carbocycles. The molecular formula is C42H35Cl2N3O9. The van der Waals surface area contributed by atoms with Crippen LogP contribution >= 0.6 is 23.2 Å². The summed E-state index contributed by atoms with van der Waals surface area (Å²) in [6.07, 6.45) is 2.16. The third-order valence-corrected chi connectivity index (χ3v) is 12.1. The number of nitrogens with zero attached hydrogens (tertiary/aromatic N) is 2. The summed E-state index contributed by atoms with van der Waals surface area (Å²) in [4.78, 5) is 72.0. The number of rotatable bonds is 10. The largest absolute Gasteiger partial charge is 0.497 e. The van der Waals surface area contributed by atoms with E-state index in [1.807, 2.05) is 18.2 Å². The topological polar surface area (TPSA) is 163 Å². The number of allylic oxidation sites excluding steroid dienone is 2. The van der Waals surface area contributed by atoms with E-state index in [9.17, 15) is 29.4 Å². The number of hydrogen-bond acceptors (Lipinski definition) is 9. The van der Waals surface area contributed by atoms with Gasteiger partial charge in [0.05, 0.1) is 58.8 Å².